The van der Waals surface area contributed by atoms with Crippen LogP contribution >= 0.6 is 0 Å². The van der Waals surface area contributed by atoms with Gasteiger partial charge in [0.25, 0.3) is 5.96 Å². The lowest BCUT2D eigenvalue weighted by Gasteiger charge is -1.97. The molecule has 0 fully saturated rings. The van der Waals surface area contributed by atoms with Gasteiger partial charge in [-0.1, -0.05) is 10.1 Å². The molecule has 0 rings (SSSR count). The largest absolute Gasteiger partial charge is 0.366 e. The highest BCUT2D eigenvalue weighted by Gasteiger charge is 2.04. The molecule has 52 valence electrons. The summed E-state index contributed by atoms with van der Waals surface area (Å²) in [5.41, 5.74) is 4.82. The normalized spacial score (nSPS) is 9.70. The number of nitrogens with zero attached hydrogens (tertiary/aromatic N) is 5. The minimum Gasteiger partial charge on any atom is -0.366 e. The number of hydrogen-bond donors (Lipinski definition) is 1. The van der Waals surface area contributed by atoms with Crippen molar-refractivity contribution in [2.75, 3.05) is 0 Å². The molecule has 0 aromatic carbocycles. The molecule has 0 unspecified atom stereocenters. The fourth-order valence-corrected chi connectivity index (χ4v) is 0.196. The highest BCUT2D eigenvalue weighted by Crippen LogP contribution is 1.84. The van der Waals surface area contributed by atoms with Crippen molar-refractivity contribution in [2.24, 2.45) is 21.4 Å². The van der Waals surface area contributed by atoms with E-state index in [4.69, 9.17) is 11.0 Å². The van der Waals surface area contributed by atoms with Crippen LogP contribution in [0.1, 0.15) is 0 Å². The average Bonchev–Trinajstić information content (AvgIpc) is 1.91. The summed E-state index contributed by atoms with van der Waals surface area (Å²) in [5, 5.41) is 14.8. The van der Waals surface area contributed by atoms with Gasteiger partial charge in [0.2, 0.25) is 6.19 Å². The highest BCUT2D eigenvalue weighted by molar-refractivity contribution is 5.78. The molecular formula is C2H2N6O2. The van der Waals surface area contributed by atoms with Gasteiger partial charge in [0.15, 0.2) is 0 Å². The van der Waals surface area contributed by atoms with Crippen molar-refractivity contribution in [3.63, 3.8) is 0 Å². The average molecular weight is 142 g/mol. The van der Waals surface area contributed by atoms with Crippen LogP contribution in [0.15, 0.2) is 15.7 Å². The molecule has 0 heterocycles. The Labute approximate surface area is 54.8 Å². The number of nitroso groups, excluding NO2 is 2. The van der Waals surface area contributed by atoms with E-state index in [1.807, 2.05) is 5.29 Å². The van der Waals surface area contributed by atoms with Crippen LogP contribution < -0.4 is 5.73 Å². The third-order valence-corrected chi connectivity index (χ3v) is 0.537. The molecular weight excluding hydrogens is 140 g/mol. The molecule has 2 N–H and O–H groups in total. The third-order valence-electron chi connectivity index (χ3n) is 0.537. The minimum atomic E-state index is -0.660. The lowest BCUT2D eigenvalue weighted by atomic mass is 10.9. The van der Waals surface area contributed by atoms with Gasteiger partial charge in [-0.25, -0.2) is 0 Å². The first kappa shape index (κ1) is 7.96. The molecule has 8 nitrogen and oxygen atoms in total. The smallest absolute Gasteiger partial charge is 0.257 e. The summed E-state index contributed by atoms with van der Waals surface area (Å²) < 4.78 is 0. The first-order chi connectivity index (χ1) is 4.76. The second-order valence-electron chi connectivity index (χ2n) is 1.03. The molecule has 0 radical (unpaired) electrons. The van der Waals surface area contributed by atoms with Crippen LogP contribution in [0, 0.1) is 21.3 Å². The van der Waals surface area contributed by atoms with Crippen LogP contribution in [0.2, 0.25) is 0 Å². The van der Waals surface area contributed by atoms with Gasteiger partial charge in [-0.05, 0) is 0 Å². The van der Waals surface area contributed by atoms with E-state index in [1.54, 1.807) is 0 Å². The maximum absolute atomic E-state index is 9.60. The zero-order chi connectivity index (χ0) is 7.98. The summed E-state index contributed by atoms with van der Waals surface area (Å²) in [4.78, 5) is 19.0. The Kier molecular flexibility index (Phi) is 3.11. The summed E-state index contributed by atoms with van der Waals surface area (Å²) in [6.45, 7) is 0. The van der Waals surface area contributed by atoms with Crippen LogP contribution in [0.25, 0.3) is 0 Å². The van der Waals surface area contributed by atoms with Gasteiger partial charge in [0.05, 0.1) is 10.6 Å². The summed E-state index contributed by atoms with van der Waals surface area (Å²) in [6, 6.07) is 0. The molecule has 0 aliphatic rings. The van der Waals surface area contributed by atoms with Gasteiger partial charge in [-0.15, -0.1) is 9.81 Å². The van der Waals surface area contributed by atoms with Gasteiger partial charge in [0, 0.05) is 0 Å². The highest BCUT2D eigenvalue weighted by atomic mass is 16.3. The van der Waals surface area contributed by atoms with Crippen molar-refractivity contribution in [1.82, 2.24) is 5.01 Å². The predicted molar refractivity (Wildman–Crippen MR) is 30.7 cm³/mol. The maximum atomic E-state index is 9.60. The van der Waals surface area contributed by atoms with Gasteiger partial charge in [-0.2, -0.15) is 5.26 Å². The molecule has 0 saturated heterocycles. The van der Waals surface area contributed by atoms with Crippen LogP contribution in [-0.4, -0.2) is 11.0 Å². The molecule has 0 aliphatic carbocycles. The number of guanidine groups is 1. The Bertz CT molecular complexity index is 202. The number of nitriles is 1. The predicted octanol–water partition coefficient (Wildman–Crippen LogP) is -0.553. The van der Waals surface area contributed by atoms with Crippen molar-refractivity contribution in [2.45, 2.75) is 0 Å². The van der Waals surface area contributed by atoms with Crippen LogP contribution in [0.4, 0.5) is 0 Å². The quantitative estimate of drug-likeness (QED) is 0.138. The van der Waals surface area contributed by atoms with E-state index in [1.165, 1.54) is 6.19 Å². The van der Waals surface area contributed by atoms with Gasteiger partial charge in [-0.3, -0.25) is 0 Å². The monoisotopic (exact) mass is 142 g/mol. The van der Waals surface area contributed by atoms with Gasteiger partial charge in [0.1, 0.15) is 0 Å². The van der Waals surface area contributed by atoms with E-state index in [0.717, 1.165) is 0 Å². The molecule has 0 bridgehead atoms. The summed E-state index contributed by atoms with van der Waals surface area (Å²) >= 11 is 0. The van der Waals surface area contributed by atoms with Crippen LogP contribution in [-0.2, 0) is 0 Å². The fourth-order valence-electron chi connectivity index (χ4n) is 0.196. The Morgan fingerprint density at radius 2 is 2.20 bits per heavy atom. The number of rotatable bonds is 2. The molecule has 0 saturated carbocycles. The summed E-state index contributed by atoms with van der Waals surface area (Å²) in [5.74, 6) is -0.660. The molecule has 0 amide bonds. The van der Waals surface area contributed by atoms with E-state index >= 15 is 0 Å². The summed E-state index contributed by atoms with van der Waals surface area (Å²) in [7, 11) is 0. The Balaban J connectivity index is 4.31. The van der Waals surface area contributed by atoms with Crippen molar-refractivity contribution < 1.29 is 0 Å². The van der Waals surface area contributed by atoms with E-state index in [9.17, 15) is 9.81 Å². The SMILES string of the molecule is N#CN(N=O)/C(N)=N/N=O. The van der Waals surface area contributed by atoms with Crippen LogP contribution in [0.5, 0.6) is 0 Å². The first-order valence-corrected chi connectivity index (χ1v) is 1.95. The Morgan fingerprint density at radius 3 is 2.50 bits per heavy atom. The second-order valence-corrected chi connectivity index (χ2v) is 1.03. The van der Waals surface area contributed by atoms with E-state index in [2.05, 4.69) is 10.4 Å². The van der Waals surface area contributed by atoms with Crippen molar-refractivity contribution >= 4 is 5.96 Å². The van der Waals surface area contributed by atoms with Gasteiger partial charge < -0.3 is 5.73 Å². The molecule has 0 spiro atoms. The van der Waals surface area contributed by atoms with E-state index in [0.29, 0.717) is 0 Å². The molecule has 0 aliphatic heterocycles. The first-order valence-electron chi connectivity index (χ1n) is 1.95. The Hall–Kier alpha value is -2.04. The van der Waals surface area contributed by atoms with Crippen molar-refractivity contribution in [3.05, 3.63) is 9.81 Å². The van der Waals surface area contributed by atoms with Crippen molar-refractivity contribution in [1.29, 1.82) is 5.26 Å². The number of hydrogen-bond acceptors (Lipinski definition) is 5. The molecule has 8 heteroatoms. The zero-order valence-electron chi connectivity index (χ0n) is 4.63. The van der Waals surface area contributed by atoms with Crippen molar-refractivity contribution in [3.8, 4) is 6.19 Å². The molecule has 10 heavy (non-hydrogen) atoms. The number of nitrogens with two attached hydrogens (primary N) is 1. The van der Waals surface area contributed by atoms with Gasteiger partial charge >= 0.3 is 0 Å². The fraction of sp³-hybridized carbons (Fsp3) is 0. The van der Waals surface area contributed by atoms with E-state index in [-0.39, 0.29) is 5.01 Å². The molecule has 0 aromatic heterocycles. The second kappa shape index (κ2) is 3.90. The maximum Gasteiger partial charge on any atom is 0.257 e. The third kappa shape index (κ3) is 1.83. The Morgan fingerprint density at radius 1 is 1.60 bits per heavy atom. The van der Waals surface area contributed by atoms with E-state index < -0.39 is 5.96 Å². The molecule has 0 aromatic rings. The topological polar surface area (TPSA) is 124 Å². The lowest BCUT2D eigenvalue weighted by Crippen LogP contribution is -2.28. The minimum absolute atomic E-state index is 0.113. The standard InChI is InChI=1S/C2H2N6O2/c3-1-8(7-10)2(4)5-6-9/h(H2,4,5,9). The lowest BCUT2D eigenvalue weighted by molar-refractivity contribution is 0.603. The zero-order valence-corrected chi connectivity index (χ0v) is 4.63. The molecule has 0 atom stereocenters. The summed E-state index contributed by atoms with van der Waals surface area (Å²) in [6.07, 6.45) is 1.24. The van der Waals surface area contributed by atoms with Crippen LogP contribution in [0.3, 0.4) is 0 Å².